The zero-order valence-corrected chi connectivity index (χ0v) is 6.83. The Labute approximate surface area is 71.4 Å². The van der Waals surface area contributed by atoms with Crippen LogP contribution in [0.3, 0.4) is 0 Å². The highest BCUT2D eigenvalue weighted by Gasteiger charge is 2.23. The molecule has 0 saturated carbocycles. The van der Waals surface area contributed by atoms with Crippen LogP contribution in [0, 0.1) is 0 Å². The molecule has 64 valence electrons. The Morgan fingerprint density at radius 3 is 2.50 bits per heavy atom. The van der Waals surface area contributed by atoms with E-state index in [1.54, 1.807) is 0 Å². The van der Waals surface area contributed by atoms with E-state index in [4.69, 9.17) is 5.73 Å². The van der Waals surface area contributed by atoms with Crippen LogP contribution in [0.4, 0.5) is 4.39 Å². The second kappa shape index (κ2) is 2.87. The molecule has 1 aromatic carbocycles. The maximum Gasteiger partial charge on any atom is 0.126 e. The molecule has 0 aliphatic heterocycles. The van der Waals surface area contributed by atoms with Gasteiger partial charge in [0, 0.05) is 6.04 Å². The Kier molecular flexibility index (Phi) is 1.85. The summed E-state index contributed by atoms with van der Waals surface area (Å²) in [7, 11) is 0. The monoisotopic (exact) mass is 165 g/mol. The first kappa shape index (κ1) is 7.74. The van der Waals surface area contributed by atoms with Crippen LogP contribution in [0.25, 0.3) is 0 Å². The first-order valence-corrected chi connectivity index (χ1v) is 4.27. The molecule has 0 radical (unpaired) electrons. The van der Waals surface area contributed by atoms with Crippen LogP contribution in [0.15, 0.2) is 24.3 Å². The fourth-order valence-electron chi connectivity index (χ4n) is 1.77. The van der Waals surface area contributed by atoms with Crippen LogP contribution in [-0.2, 0) is 0 Å². The summed E-state index contributed by atoms with van der Waals surface area (Å²) in [6.45, 7) is 0. The third-order valence-electron chi connectivity index (χ3n) is 2.46. The van der Waals surface area contributed by atoms with E-state index >= 15 is 0 Å². The second-order valence-corrected chi connectivity index (χ2v) is 3.28. The highest BCUT2D eigenvalue weighted by Crippen LogP contribution is 2.36. The molecule has 2 atom stereocenters. The van der Waals surface area contributed by atoms with Crippen molar-refractivity contribution in [2.45, 2.75) is 25.1 Å². The third kappa shape index (κ3) is 1.12. The summed E-state index contributed by atoms with van der Waals surface area (Å²) in [6, 6.07) is 7.57. The van der Waals surface area contributed by atoms with Crippen LogP contribution in [0.5, 0.6) is 0 Å². The molecule has 0 bridgehead atoms. The van der Waals surface area contributed by atoms with Crippen molar-refractivity contribution in [2.75, 3.05) is 0 Å². The second-order valence-electron chi connectivity index (χ2n) is 3.28. The Morgan fingerprint density at radius 2 is 1.83 bits per heavy atom. The van der Waals surface area contributed by atoms with E-state index in [2.05, 4.69) is 0 Å². The van der Waals surface area contributed by atoms with Gasteiger partial charge in [0.2, 0.25) is 0 Å². The number of rotatable bonds is 0. The van der Waals surface area contributed by atoms with E-state index in [0.717, 1.165) is 17.5 Å². The van der Waals surface area contributed by atoms with Crippen LogP contribution in [0.2, 0.25) is 0 Å². The number of hydrogen-bond acceptors (Lipinski definition) is 1. The lowest BCUT2D eigenvalue weighted by molar-refractivity contribution is 0.288. The van der Waals surface area contributed by atoms with Crippen molar-refractivity contribution in [1.82, 2.24) is 0 Å². The third-order valence-corrected chi connectivity index (χ3v) is 2.46. The number of halogens is 1. The summed E-state index contributed by atoms with van der Waals surface area (Å²) in [5.74, 6) is 0. The van der Waals surface area contributed by atoms with E-state index in [9.17, 15) is 4.39 Å². The summed E-state index contributed by atoms with van der Waals surface area (Å²) in [6.07, 6.45) is 0.525. The van der Waals surface area contributed by atoms with Gasteiger partial charge in [-0.25, -0.2) is 4.39 Å². The Balaban J connectivity index is 2.47. The summed E-state index contributed by atoms with van der Waals surface area (Å²) >= 11 is 0. The molecule has 2 N–H and O–H groups in total. The molecule has 1 aliphatic rings. The van der Waals surface area contributed by atoms with Crippen molar-refractivity contribution in [3.8, 4) is 0 Å². The zero-order chi connectivity index (χ0) is 8.55. The maximum atomic E-state index is 13.3. The van der Waals surface area contributed by atoms with Gasteiger partial charge in [0.25, 0.3) is 0 Å². The Morgan fingerprint density at radius 1 is 1.17 bits per heavy atom. The first-order chi connectivity index (χ1) is 5.79. The SMILES string of the molecule is NC1CCC(F)c2ccccc21. The van der Waals surface area contributed by atoms with Gasteiger partial charge in [0.05, 0.1) is 0 Å². The number of nitrogens with two attached hydrogens (primary N) is 1. The summed E-state index contributed by atoms with van der Waals surface area (Å²) in [4.78, 5) is 0. The van der Waals surface area contributed by atoms with Gasteiger partial charge in [-0.05, 0) is 24.0 Å². The van der Waals surface area contributed by atoms with Crippen LogP contribution in [-0.4, -0.2) is 0 Å². The van der Waals surface area contributed by atoms with Gasteiger partial charge in [-0.15, -0.1) is 0 Å². The lowest BCUT2D eigenvalue weighted by atomic mass is 9.87. The smallest absolute Gasteiger partial charge is 0.126 e. The largest absolute Gasteiger partial charge is 0.324 e. The quantitative estimate of drug-likeness (QED) is 0.628. The molecule has 0 amide bonds. The standard InChI is InChI=1S/C10H12FN/c11-9-5-6-10(12)8-4-2-1-3-7(8)9/h1-4,9-10H,5-6,12H2. The van der Waals surface area contributed by atoms with Crippen LogP contribution < -0.4 is 5.73 Å². The van der Waals surface area contributed by atoms with Gasteiger partial charge >= 0.3 is 0 Å². The van der Waals surface area contributed by atoms with Gasteiger partial charge in [-0.2, -0.15) is 0 Å². The van der Waals surface area contributed by atoms with Gasteiger partial charge < -0.3 is 5.73 Å². The van der Waals surface area contributed by atoms with E-state index in [1.807, 2.05) is 24.3 Å². The van der Waals surface area contributed by atoms with Crippen LogP contribution in [0.1, 0.15) is 36.2 Å². The molecule has 1 aliphatic carbocycles. The minimum absolute atomic E-state index is 0.0354. The van der Waals surface area contributed by atoms with Crippen molar-refractivity contribution >= 4 is 0 Å². The minimum atomic E-state index is -0.805. The van der Waals surface area contributed by atoms with Gasteiger partial charge in [-0.1, -0.05) is 24.3 Å². The summed E-state index contributed by atoms with van der Waals surface area (Å²) in [5.41, 5.74) is 7.61. The molecule has 0 heterocycles. The van der Waals surface area contributed by atoms with Gasteiger partial charge in [-0.3, -0.25) is 0 Å². The number of hydrogen-bond donors (Lipinski definition) is 1. The highest BCUT2D eigenvalue weighted by molar-refractivity contribution is 5.33. The molecule has 1 aromatic rings. The zero-order valence-electron chi connectivity index (χ0n) is 6.83. The molecule has 2 heteroatoms. The lowest BCUT2D eigenvalue weighted by Crippen LogP contribution is -2.18. The minimum Gasteiger partial charge on any atom is -0.324 e. The van der Waals surface area contributed by atoms with Crippen molar-refractivity contribution in [1.29, 1.82) is 0 Å². The molecule has 0 spiro atoms. The van der Waals surface area contributed by atoms with Crippen molar-refractivity contribution in [3.05, 3.63) is 35.4 Å². The maximum absolute atomic E-state index is 13.3. The van der Waals surface area contributed by atoms with Crippen molar-refractivity contribution in [2.24, 2.45) is 5.73 Å². The van der Waals surface area contributed by atoms with Crippen molar-refractivity contribution < 1.29 is 4.39 Å². The molecule has 2 rings (SSSR count). The number of benzene rings is 1. The molecule has 0 aromatic heterocycles. The van der Waals surface area contributed by atoms with Crippen molar-refractivity contribution in [3.63, 3.8) is 0 Å². The molecule has 0 fully saturated rings. The molecule has 1 nitrogen and oxygen atoms in total. The Bertz CT molecular complexity index is 256. The molecular formula is C10H12FN. The topological polar surface area (TPSA) is 26.0 Å². The van der Waals surface area contributed by atoms with Gasteiger partial charge in [0.1, 0.15) is 6.17 Å². The molecule has 12 heavy (non-hydrogen) atoms. The van der Waals surface area contributed by atoms with E-state index in [0.29, 0.717) is 6.42 Å². The van der Waals surface area contributed by atoms with Crippen LogP contribution >= 0.6 is 0 Å². The Hall–Kier alpha value is -0.890. The highest BCUT2D eigenvalue weighted by atomic mass is 19.1. The summed E-state index contributed by atoms with van der Waals surface area (Å²) in [5, 5.41) is 0. The lowest BCUT2D eigenvalue weighted by Gasteiger charge is -2.24. The van der Waals surface area contributed by atoms with E-state index in [1.165, 1.54) is 0 Å². The molecule has 0 saturated heterocycles. The fourth-order valence-corrected chi connectivity index (χ4v) is 1.77. The average Bonchev–Trinajstić information content (AvgIpc) is 2.12. The fraction of sp³-hybridized carbons (Fsp3) is 0.400. The predicted molar refractivity (Wildman–Crippen MR) is 46.5 cm³/mol. The van der Waals surface area contributed by atoms with Gasteiger partial charge in [0.15, 0.2) is 0 Å². The number of fused-ring (bicyclic) bond motifs is 1. The van der Waals surface area contributed by atoms with E-state index in [-0.39, 0.29) is 6.04 Å². The summed E-state index contributed by atoms with van der Waals surface area (Å²) < 4.78 is 13.3. The number of alkyl halides is 1. The normalized spacial score (nSPS) is 28.2. The first-order valence-electron chi connectivity index (χ1n) is 4.27. The predicted octanol–water partition coefficient (Wildman–Crippen LogP) is 2.49. The molecular weight excluding hydrogens is 153 g/mol. The van der Waals surface area contributed by atoms with E-state index < -0.39 is 6.17 Å². The molecule has 2 unspecified atom stereocenters. The average molecular weight is 165 g/mol.